The maximum atomic E-state index is 13.0. The SMILES string of the molecule is COc1ccc(CN2CCOCC2C(F)(F)F)cc1C. The van der Waals surface area contributed by atoms with Crippen molar-refractivity contribution in [2.45, 2.75) is 25.7 Å². The first-order valence-corrected chi connectivity index (χ1v) is 6.44. The van der Waals surface area contributed by atoms with Crippen molar-refractivity contribution in [1.82, 2.24) is 4.90 Å². The van der Waals surface area contributed by atoms with Crippen LogP contribution in [-0.2, 0) is 11.3 Å². The number of alkyl halides is 3. The van der Waals surface area contributed by atoms with Gasteiger partial charge in [-0.2, -0.15) is 13.2 Å². The van der Waals surface area contributed by atoms with E-state index in [-0.39, 0.29) is 19.7 Å². The Hall–Kier alpha value is -1.27. The molecule has 1 unspecified atom stereocenters. The van der Waals surface area contributed by atoms with E-state index in [0.717, 1.165) is 16.9 Å². The van der Waals surface area contributed by atoms with Gasteiger partial charge in [0.15, 0.2) is 0 Å². The standard InChI is InChI=1S/C14H18F3NO2/c1-10-7-11(3-4-12(10)19-2)8-18-5-6-20-9-13(18)14(15,16)17/h3-4,7,13H,5-6,8-9H2,1-2H3. The molecule has 1 aliphatic heterocycles. The van der Waals surface area contributed by atoms with Crippen LogP contribution in [0.3, 0.4) is 0 Å². The van der Waals surface area contributed by atoms with Crippen molar-refractivity contribution in [1.29, 1.82) is 0 Å². The fraction of sp³-hybridized carbons (Fsp3) is 0.571. The second-order valence-corrected chi connectivity index (χ2v) is 4.91. The number of hydrogen-bond donors (Lipinski definition) is 0. The number of morpholine rings is 1. The smallest absolute Gasteiger partial charge is 0.406 e. The minimum Gasteiger partial charge on any atom is -0.496 e. The van der Waals surface area contributed by atoms with E-state index in [1.165, 1.54) is 4.90 Å². The summed E-state index contributed by atoms with van der Waals surface area (Å²) < 4.78 is 49.0. The van der Waals surface area contributed by atoms with Crippen LogP contribution in [0.25, 0.3) is 0 Å². The molecule has 1 saturated heterocycles. The number of halogens is 3. The molecule has 0 aromatic heterocycles. The van der Waals surface area contributed by atoms with Crippen molar-refractivity contribution >= 4 is 0 Å². The van der Waals surface area contributed by atoms with Crippen molar-refractivity contribution in [2.24, 2.45) is 0 Å². The molecule has 20 heavy (non-hydrogen) atoms. The van der Waals surface area contributed by atoms with Gasteiger partial charge in [0.05, 0.1) is 20.3 Å². The van der Waals surface area contributed by atoms with Crippen LogP contribution >= 0.6 is 0 Å². The van der Waals surface area contributed by atoms with E-state index in [4.69, 9.17) is 9.47 Å². The van der Waals surface area contributed by atoms with Crippen molar-refractivity contribution in [3.05, 3.63) is 29.3 Å². The molecule has 0 spiro atoms. The third kappa shape index (κ3) is 3.43. The van der Waals surface area contributed by atoms with Gasteiger partial charge < -0.3 is 9.47 Å². The molecular formula is C14H18F3NO2. The highest BCUT2D eigenvalue weighted by molar-refractivity contribution is 5.36. The minimum absolute atomic E-state index is 0.262. The zero-order valence-corrected chi connectivity index (χ0v) is 11.5. The highest BCUT2D eigenvalue weighted by Crippen LogP contribution is 2.29. The molecule has 0 aliphatic carbocycles. The third-order valence-corrected chi connectivity index (χ3v) is 3.46. The Balaban J connectivity index is 2.12. The highest BCUT2D eigenvalue weighted by atomic mass is 19.4. The highest BCUT2D eigenvalue weighted by Gasteiger charge is 2.45. The molecule has 0 radical (unpaired) electrons. The van der Waals surface area contributed by atoms with Gasteiger partial charge in [-0.1, -0.05) is 12.1 Å². The van der Waals surface area contributed by atoms with Crippen LogP contribution in [0.1, 0.15) is 11.1 Å². The number of ether oxygens (including phenoxy) is 2. The molecule has 0 N–H and O–H groups in total. The number of benzene rings is 1. The Bertz CT molecular complexity index is 462. The molecule has 1 aliphatic rings. The van der Waals surface area contributed by atoms with Crippen molar-refractivity contribution in [2.75, 3.05) is 26.9 Å². The summed E-state index contributed by atoms with van der Waals surface area (Å²) in [4.78, 5) is 1.42. The predicted octanol–water partition coefficient (Wildman–Crippen LogP) is 2.77. The summed E-state index contributed by atoms with van der Waals surface area (Å²) in [5.74, 6) is 0.739. The van der Waals surface area contributed by atoms with Gasteiger partial charge in [-0.15, -0.1) is 0 Å². The lowest BCUT2D eigenvalue weighted by molar-refractivity contribution is -0.213. The number of hydrogen-bond acceptors (Lipinski definition) is 3. The molecule has 1 heterocycles. The average Bonchev–Trinajstić information content (AvgIpc) is 2.38. The van der Waals surface area contributed by atoms with Crippen LogP contribution in [0.5, 0.6) is 5.75 Å². The van der Waals surface area contributed by atoms with E-state index in [2.05, 4.69) is 0 Å². The largest absolute Gasteiger partial charge is 0.496 e. The average molecular weight is 289 g/mol. The van der Waals surface area contributed by atoms with E-state index in [1.54, 1.807) is 19.2 Å². The summed E-state index contributed by atoms with van der Waals surface area (Å²) in [5, 5.41) is 0. The van der Waals surface area contributed by atoms with E-state index in [9.17, 15) is 13.2 Å². The maximum Gasteiger partial charge on any atom is 0.406 e. The zero-order valence-electron chi connectivity index (χ0n) is 11.5. The first-order chi connectivity index (χ1) is 9.41. The van der Waals surface area contributed by atoms with E-state index in [0.29, 0.717) is 6.61 Å². The number of nitrogens with zero attached hydrogens (tertiary/aromatic N) is 1. The summed E-state index contributed by atoms with van der Waals surface area (Å²) in [6.07, 6.45) is -4.26. The van der Waals surface area contributed by atoms with E-state index in [1.807, 2.05) is 13.0 Å². The molecule has 1 aromatic rings. The first kappa shape index (κ1) is 15.1. The van der Waals surface area contributed by atoms with Gasteiger partial charge in [0.1, 0.15) is 11.8 Å². The Kier molecular flexibility index (Phi) is 4.55. The molecular weight excluding hydrogens is 271 g/mol. The fourth-order valence-electron chi connectivity index (χ4n) is 2.40. The first-order valence-electron chi connectivity index (χ1n) is 6.44. The van der Waals surface area contributed by atoms with Crippen LogP contribution in [0.2, 0.25) is 0 Å². The lowest BCUT2D eigenvalue weighted by atomic mass is 10.1. The lowest BCUT2D eigenvalue weighted by Crippen LogP contribution is -2.52. The van der Waals surface area contributed by atoms with Crippen LogP contribution in [-0.4, -0.2) is 44.0 Å². The Morgan fingerprint density at radius 1 is 1.40 bits per heavy atom. The van der Waals surface area contributed by atoms with Crippen molar-refractivity contribution < 1.29 is 22.6 Å². The normalized spacial score (nSPS) is 20.9. The quantitative estimate of drug-likeness (QED) is 0.854. The molecule has 0 bridgehead atoms. The molecule has 112 valence electrons. The Morgan fingerprint density at radius 3 is 2.75 bits per heavy atom. The van der Waals surface area contributed by atoms with Crippen molar-refractivity contribution in [3.63, 3.8) is 0 Å². The summed E-state index contributed by atoms with van der Waals surface area (Å²) in [6.45, 7) is 2.47. The van der Waals surface area contributed by atoms with Crippen LogP contribution < -0.4 is 4.74 Å². The predicted molar refractivity (Wildman–Crippen MR) is 68.8 cm³/mol. The topological polar surface area (TPSA) is 21.7 Å². The summed E-state index contributed by atoms with van der Waals surface area (Å²) in [6, 6.07) is 3.92. The van der Waals surface area contributed by atoms with Gasteiger partial charge >= 0.3 is 6.18 Å². The molecule has 0 amide bonds. The lowest BCUT2D eigenvalue weighted by Gasteiger charge is -2.36. The van der Waals surface area contributed by atoms with E-state index >= 15 is 0 Å². The monoisotopic (exact) mass is 289 g/mol. The van der Waals surface area contributed by atoms with Gasteiger partial charge in [-0.25, -0.2) is 0 Å². The van der Waals surface area contributed by atoms with Crippen LogP contribution in [0, 0.1) is 6.92 Å². The molecule has 1 aromatic carbocycles. The Morgan fingerprint density at radius 2 is 2.15 bits per heavy atom. The van der Waals surface area contributed by atoms with E-state index < -0.39 is 12.2 Å². The molecule has 0 saturated carbocycles. The van der Waals surface area contributed by atoms with Gasteiger partial charge in [0.25, 0.3) is 0 Å². The summed E-state index contributed by atoms with van der Waals surface area (Å²) in [7, 11) is 1.57. The van der Waals surface area contributed by atoms with Gasteiger partial charge in [-0.3, -0.25) is 4.90 Å². The van der Waals surface area contributed by atoms with Crippen molar-refractivity contribution in [3.8, 4) is 5.75 Å². The van der Waals surface area contributed by atoms with Crippen LogP contribution in [0.15, 0.2) is 18.2 Å². The molecule has 1 atom stereocenters. The number of methoxy groups -OCH3 is 1. The zero-order chi connectivity index (χ0) is 14.8. The molecule has 3 nitrogen and oxygen atoms in total. The molecule has 2 rings (SSSR count). The minimum atomic E-state index is -4.26. The summed E-state index contributed by atoms with van der Waals surface area (Å²) in [5.41, 5.74) is 1.77. The molecule has 1 fully saturated rings. The number of aryl methyl sites for hydroxylation is 1. The second-order valence-electron chi connectivity index (χ2n) is 4.91. The van der Waals surface area contributed by atoms with Gasteiger partial charge in [0, 0.05) is 13.1 Å². The fourth-order valence-corrected chi connectivity index (χ4v) is 2.40. The number of rotatable bonds is 3. The Labute approximate surface area is 116 Å². The van der Waals surface area contributed by atoms with Gasteiger partial charge in [0.2, 0.25) is 0 Å². The maximum absolute atomic E-state index is 13.0. The summed E-state index contributed by atoms with van der Waals surface area (Å²) >= 11 is 0. The third-order valence-electron chi connectivity index (χ3n) is 3.46. The molecule has 6 heteroatoms. The second kappa shape index (κ2) is 6.01. The van der Waals surface area contributed by atoms with Gasteiger partial charge in [-0.05, 0) is 24.1 Å². The van der Waals surface area contributed by atoms with Crippen LogP contribution in [0.4, 0.5) is 13.2 Å².